The summed E-state index contributed by atoms with van der Waals surface area (Å²) in [5.74, 6) is -1.15. The van der Waals surface area contributed by atoms with Gasteiger partial charge in [0, 0.05) is 36.4 Å². The third kappa shape index (κ3) is 2.71. The van der Waals surface area contributed by atoms with Crippen LogP contribution in [0.4, 0.5) is 14.5 Å². The molecule has 0 fully saturated rings. The van der Waals surface area contributed by atoms with Crippen molar-refractivity contribution in [3.63, 3.8) is 0 Å². The molecule has 26 heavy (non-hydrogen) atoms. The lowest BCUT2D eigenvalue weighted by Gasteiger charge is -2.12. The van der Waals surface area contributed by atoms with E-state index in [1.54, 1.807) is 10.9 Å². The van der Waals surface area contributed by atoms with Gasteiger partial charge in [-0.2, -0.15) is 5.10 Å². The van der Waals surface area contributed by atoms with Gasteiger partial charge in [0.15, 0.2) is 5.65 Å². The van der Waals surface area contributed by atoms with E-state index in [-0.39, 0.29) is 12.1 Å². The predicted molar refractivity (Wildman–Crippen MR) is 95.5 cm³/mol. The van der Waals surface area contributed by atoms with E-state index in [4.69, 9.17) is 0 Å². The number of hydrogen-bond donors (Lipinski definition) is 1. The first-order chi connectivity index (χ1) is 12.5. The SMILES string of the molecule is Cc1nc2c(NCc3c(F)cccc3F)cc(-n3cccn3)cn2c1C. The summed E-state index contributed by atoms with van der Waals surface area (Å²) in [6, 6.07) is 7.55. The van der Waals surface area contributed by atoms with E-state index >= 15 is 0 Å². The van der Waals surface area contributed by atoms with E-state index in [1.165, 1.54) is 18.2 Å². The Hall–Kier alpha value is -3.22. The van der Waals surface area contributed by atoms with E-state index in [1.807, 2.05) is 42.8 Å². The van der Waals surface area contributed by atoms with Crippen molar-refractivity contribution in [3.8, 4) is 5.69 Å². The van der Waals surface area contributed by atoms with E-state index in [0.29, 0.717) is 11.3 Å². The number of imidazole rings is 1. The highest BCUT2D eigenvalue weighted by Crippen LogP contribution is 2.25. The number of hydrogen-bond acceptors (Lipinski definition) is 3. The zero-order valence-corrected chi connectivity index (χ0v) is 14.4. The number of nitrogens with one attached hydrogen (secondary N) is 1. The van der Waals surface area contributed by atoms with Crippen molar-refractivity contribution >= 4 is 11.3 Å². The zero-order valence-electron chi connectivity index (χ0n) is 14.4. The number of pyridine rings is 1. The number of aromatic nitrogens is 4. The minimum Gasteiger partial charge on any atom is -0.378 e. The number of rotatable bonds is 4. The summed E-state index contributed by atoms with van der Waals surface area (Å²) in [6.07, 6.45) is 5.46. The first-order valence-electron chi connectivity index (χ1n) is 8.20. The Morgan fingerprint density at radius 3 is 2.58 bits per heavy atom. The molecule has 4 aromatic rings. The highest BCUT2D eigenvalue weighted by molar-refractivity contribution is 5.71. The van der Waals surface area contributed by atoms with E-state index < -0.39 is 11.6 Å². The van der Waals surface area contributed by atoms with Crippen molar-refractivity contribution < 1.29 is 8.78 Å². The van der Waals surface area contributed by atoms with Gasteiger partial charge in [0.25, 0.3) is 0 Å². The second kappa shape index (κ2) is 6.25. The van der Waals surface area contributed by atoms with Gasteiger partial charge in [-0.05, 0) is 38.1 Å². The number of benzene rings is 1. The lowest BCUT2D eigenvalue weighted by molar-refractivity contribution is 0.560. The maximum atomic E-state index is 13.9. The standard InChI is InChI=1S/C19H17F2N5/c1-12-13(2)25-11-14(26-8-4-7-23-26)9-18(19(25)24-12)22-10-15-16(20)5-3-6-17(15)21/h3-9,11,22H,10H2,1-2H3. The Morgan fingerprint density at radius 2 is 1.88 bits per heavy atom. The fourth-order valence-electron chi connectivity index (χ4n) is 2.92. The van der Waals surface area contributed by atoms with Crippen molar-refractivity contribution in [2.24, 2.45) is 0 Å². The zero-order chi connectivity index (χ0) is 18.3. The molecule has 0 unspecified atom stereocenters. The second-order valence-electron chi connectivity index (χ2n) is 6.09. The summed E-state index contributed by atoms with van der Waals surface area (Å²) in [5, 5.41) is 7.38. The first kappa shape index (κ1) is 16.3. The maximum Gasteiger partial charge on any atom is 0.160 e. The van der Waals surface area contributed by atoms with Crippen LogP contribution in [0.2, 0.25) is 0 Å². The summed E-state index contributed by atoms with van der Waals surface area (Å²) in [7, 11) is 0. The molecule has 3 aromatic heterocycles. The van der Waals surface area contributed by atoms with Crippen LogP contribution < -0.4 is 5.32 Å². The van der Waals surface area contributed by atoms with Crippen molar-refractivity contribution in [2.45, 2.75) is 20.4 Å². The molecule has 0 amide bonds. The normalized spacial score (nSPS) is 11.2. The predicted octanol–water partition coefficient (Wildman–Crippen LogP) is 4.03. The summed E-state index contributed by atoms with van der Waals surface area (Å²) >= 11 is 0. The van der Waals surface area contributed by atoms with Crippen LogP contribution in [-0.2, 0) is 6.54 Å². The maximum absolute atomic E-state index is 13.9. The molecule has 5 nitrogen and oxygen atoms in total. The summed E-state index contributed by atoms with van der Waals surface area (Å²) in [4.78, 5) is 4.58. The van der Waals surface area contributed by atoms with Crippen LogP contribution in [0.5, 0.6) is 0 Å². The van der Waals surface area contributed by atoms with E-state index in [9.17, 15) is 8.78 Å². The van der Waals surface area contributed by atoms with E-state index in [2.05, 4.69) is 15.4 Å². The molecule has 0 aliphatic heterocycles. The quantitative estimate of drug-likeness (QED) is 0.603. The average Bonchev–Trinajstić information content (AvgIpc) is 3.24. The van der Waals surface area contributed by atoms with Gasteiger partial charge in [0.05, 0.1) is 17.1 Å². The van der Waals surface area contributed by atoms with Crippen molar-refractivity contribution in [1.82, 2.24) is 19.2 Å². The number of fused-ring (bicyclic) bond motifs is 1. The summed E-state index contributed by atoms with van der Waals surface area (Å²) in [5.41, 5.74) is 4.08. The number of anilines is 1. The van der Waals surface area contributed by atoms with Gasteiger partial charge < -0.3 is 9.72 Å². The molecule has 1 aromatic carbocycles. The van der Waals surface area contributed by atoms with Crippen LogP contribution in [0.25, 0.3) is 11.3 Å². The van der Waals surface area contributed by atoms with Crippen LogP contribution in [0.3, 0.4) is 0 Å². The molecule has 0 saturated carbocycles. The van der Waals surface area contributed by atoms with Crippen molar-refractivity contribution in [3.05, 3.63) is 77.5 Å². The fourth-order valence-corrected chi connectivity index (χ4v) is 2.92. The van der Waals surface area contributed by atoms with Crippen LogP contribution in [0.15, 0.2) is 48.9 Å². The molecular formula is C19H17F2N5. The second-order valence-corrected chi connectivity index (χ2v) is 6.09. The van der Waals surface area contributed by atoms with Gasteiger partial charge in [-0.3, -0.25) is 0 Å². The van der Waals surface area contributed by atoms with Gasteiger partial charge in [-0.15, -0.1) is 0 Å². The van der Waals surface area contributed by atoms with Gasteiger partial charge in [0.2, 0.25) is 0 Å². The van der Waals surface area contributed by atoms with Crippen molar-refractivity contribution in [2.75, 3.05) is 5.32 Å². The molecule has 0 atom stereocenters. The largest absolute Gasteiger partial charge is 0.378 e. The molecule has 7 heteroatoms. The lowest BCUT2D eigenvalue weighted by Crippen LogP contribution is -2.07. The Bertz CT molecular complexity index is 1060. The van der Waals surface area contributed by atoms with Crippen LogP contribution in [0.1, 0.15) is 17.0 Å². The van der Waals surface area contributed by atoms with Gasteiger partial charge in [-0.1, -0.05) is 6.07 Å². The monoisotopic (exact) mass is 353 g/mol. The van der Waals surface area contributed by atoms with Crippen LogP contribution in [0, 0.1) is 25.5 Å². The molecule has 3 heterocycles. The summed E-state index contributed by atoms with van der Waals surface area (Å²) in [6.45, 7) is 3.92. The molecule has 0 bridgehead atoms. The lowest BCUT2D eigenvalue weighted by atomic mass is 10.2. The van der Waals surface area contributed by atoms with Crippen LogP contribution in [-0.4, -0.2) is 19.2 Å². The Balaban J connectivity index is 1.79. The number of aryl methyl sites for hydroxylation is 2. The Labute approximate surface area is 148 Å². The molecule has 0 radical (unpaired) electrons. The molecular weight excluding hydrogens is 336 g/mol. The third-order valence-corrected chi connectivity index (χ3v) is 4.47. The smallest absolute Gasteiger partial charge is 0.160 e. The summed E-state index contributed by atoms with van der Waals surface area (Å²) < 4.78 is 31.5. The van der Waals surface area contributed by atoms with Gasteiger partial charge >= 0.3 is 0 Å². The molecule has 0 aliphatic carbocycles. The van der Waals surface area contributed by atoms with Gasteiger partial charge in [0.1, 0.15) is 11.6 Å². The minimum absolute atomic E-state index is 0.00450. The van der Waals surface area contributed by atoms with Crippen molar-refractivity contribution in [1.29, 1.82) is 0 Å². The third-order valence-electron chi connectivity index (χ3n) is 4.47. The Morgan fingerprint density at radius 1 is 1.12 bits per heavy atom. The molecule has 1 N–H and O–H groups in total. The fraction of sp³-hybridized carbons (Fsp3) is 0.158. The van der Waals surface area contributed by atoms with E-state index in [0.717, 1.165) is 17.1 Å². The molecule has 132 valence electrons. The Kier molecular flexibility index (Phi) is 3.91. The number of halogens is 2. The first-order valence-corrected chi connectivity index (χ1v) is 8.20. The van der Waals surface area contributed by atoms with Crippen LogP contribution >= 0.6 is 0 Å². The van der Waals surface area contributed by atoms with Gasteiger partial charge in [-0.25, -0.2) is 18.4 Å². The highest BCUT2D eigenvalue weighted by atomic mass is 19.1. The topological polar surface area (TPSA) is 47.2 Å². The number of nitrogens with zero attached hydrogens (tertiary/aromatic N) is 4. The molecule has 0 aliphatic rings. The molecule has 0 spiro atoms. The molecule has 0 saturated heterocycles. The highest BCUT2D eigenvalue weighted by Gasteiger charge is 2.14. The molecule has 4 rings (SSSR count). The minimum atomic E-state index is -0.576. The average molecular weight is 353 g/mol.